The van der Waals surface area contributed by atoms with E-state index in [-0.39, 0.29) is 5.92 Å². The Kier molecular flexibility index (Phi) is 2.01. The Morgan fingerprint density at radius 1 is 1.44 bits per heavy atom. The van der Waals surface area contributed by atoms with E-state index in [1.54, 1.807) is 7.05 Å². The predicted molar refractivity (Wildman–Crippen MR) is 31.6 cm³/mol. The molecule has 0 spiro atoms. The molecule has 0 bridgehead atoms. The van der Waals surface area contributed by atoms with Gasteiger partial charge in [-0.25, -0.2) is 8.78 Å². The van der Waals surface area contributed by atoms with Crippen LogP contribution < -0.4 is 5.32 Å². The number of halogens is 2. The van der Waals surface area contributed by atoms with Gasteiger partial charge in [0.2, 0.25) is 0 Å². The van der Waals surface area contributed by atoms with Gasteiger partial charge in [-0.2, -0.15) is 0 Å². The lowest BCUT2D eigenvalue weighted by Crippen LogP contribution is -2.34. The van der Waals surface area contributed by atoms with Gasteiger partial charge in [0.15, 0.2) is 0 Å². The van der Waals surface area contributed by atoms with Gasteiger partial charge in [-0.15, -0.1) is 0 Å². The fourth-order valence-corrected chi connectivity index (χ4v) is 1.02. The van der Waals surface area contributed by atoms with E-state index in [9.17, 15) is 8.78 Å². The predicted octanol–water partition coefficient (Wildman–Crippen LogP) is 1.25. The van der Waals surface area contributed by atoms with Crippen molar-refractivity contribution in [3.8, 4) is 0 Å². The maximum absolute atomic E-state index is 11.9. The van der Waals surface area contributed by atoms with Crippen LogP contribution in [0.15, 0.2) is 0 Å². The molecule has 0 radical (unpaired) electrons. The van der Waals surface area contributed by atoms with E-state index in [0.717, 1.165) is 12.8 Å². The molecule has 0 saturated heterocycles. The lowest BCUT2D eigenvalue weighted by molar-refractivity contribution is 0.0921. The van der Waals surface area contributed by atoms with Crippen LogP contribution in [-0.2, 0) is 0 Å². The Hall–Kier alpha value is -0.180. The highest BCUT2D eigenvalue weighted by Gasteiger charge is 2.35. The van der Waals surface area contributed by atoms with Crippen molar-refractivity contribution in [3.63, 3.8) is 0 Å². The van der Waals surface area contributed by atoms with E-state index in [1.165, 1.54) is 0 Å². The van der Waals surface area contributed by atoms with Crippen LogP contribution in [0.25, 0.3) is 0 Å². The van der Waals surface area contributed by atoms with Gasteiger partial charge in [0.05, 0.1) is 6.04 Å². The number of nitrogens with one attached hydrogen (secondary N) is 1. The van der Waals surface area contributed by atoms with E-state index < -0.39 is 12.5 Å². The summed E-state index contributed by atoms with van der Waals surface area (Å²) in [5.41, 5.74) is 0. The maximum Gasteiger partial charge on any atom is 0.253 e. The first-order valence-electron chi connectivity index (χ1n) is 3.21. The third-order valence-electron chi connectivity index (χ3n) is 1.73. The Balaban J connectivity index is 2.28. The molecule has 9 heavy (non-hydrogen) atoms. The third-order valence-corrected chi connectivity index (χ3v) is 1.73. The van der Waals surface area contributed by atoms with Crippen molar-refractivity contribution in [1.82, 2.24) is 5.32 Å². The molecule has 1 rings (SSSR count). The van der Waals surface area contributed by atoms with E-state index >= 15 is 0 Å². The lowest BCUT2D eigenvalue weighted by atomic mass is 10.2. The summed E-state index contributed by atoms with van der Waals surface area (Å²) in [4.78, 5) is 0. The molecular weight excluding hydrogens is 124 g/mol. The molecular formula is C6H11F2N. The van der Waals surface area contributed by atoms with Gasteiger partial charge in [-0.3, -0.25) is 0 Å². The van der Waals surface area contributed by atoms with Crippen molar-refractivity contribution in [2.45, 2.75) is 25.3 Å². The highest BCUT2D eigenvalue weighted by atomic mass is 19.3. The first-order chi connectivity index (χ1) is 4.25. The minimum Gasteiger partial charge on any atom is -0.312 e. The second-order valence-electron chi connectivity index (χ2n) is 2.49. The Labute approximate surface area is 53.4 Å². The first kappa shape index (κ1) is 6.93. The fraction of sp³-hybridized carbons (Fsp3) is 1.00. The minimum absolute atomic E-state index is 0.245. The third kappa shape index (κ3) is 1.61. The lowest BCUT2D eigenvalue weighted by Gasteiger charge is -2.12. The fourth-order valence-electron chi connectivity index (χ4n) is 1.02. The Morgan fingerprint density at radius 3 is 2.11 bits per heavy atom. The van der Waals surface area contributed by atoms with E-state index in [2.05, 4.69) is 5.32 Å². The zero-order valence-corrected chi connectivity index (χ0v) is 5.40. The molecule has 0 aliphatic heterocycles. The molecule has 0 aromatic rings. The van der Waals surface area contributed by atoms with Gasteiger partial charge in [-0.05, 0) is 25.8 Å². The molecule has 0 aromatic carbocycles. The molecule has 1 fully saturated rings. The molecule has 0 heterocycles. The average molecular weight is 135 g/mol. The second-order valence-corrected chi connectivity index (χ2v) is 2.49. The van der Waals surface area contributed by atoms with Gasteiger partial charge in [-0.1, -0.05) is 0 Å². The second kappa shape index (κ2) is 2.60. The first-order valence-corrected chi connectivity index (χ1v) is 3.21. The van der Waals surface area contributed by atoms with Gasteiger partial charge in [0, 0.05) is 0 Å². The van der Waals surface area contributed by atoms with Crippen LogP contribution in [-0.4, -0.2) is 19.5 Å². The molecule has 1 N–H and O–H groups in total. The van der Waals surface area contributed by atoms with Crippen LogP contribution in [0.2, 0.25) is 0 Å². The number of alkyl halides is 2. The summed E-state index contributed by atoms with van der Waals surface area (Å²) >= 11 is 0. The zero-order chi connectivity index (χ0) is 6.85. The molecule has 0 amide bonds. The highest BCUT2D eigenvalue weighted by molar-refractivity contribution is 4.86. The summed E-state index contributed by atoms with van der Waals surface area (Å²) in [5, 5.41) is 2.61. The van der Waals surface area contributed by atoms with Crippen LogP contribution in [0.4, 0.5) is 8.78 Å². The van der Waals surface area contributed by atoms with Crippen LogP contribution in [0.5, 0.6) is 0 Å². The molecule has 0 aromatic heterocycles. The molecule has 1 nitrogen and oxygen atoms in total. The molecule has 1 unspecified atom stereocenters. The topological polar surface area (TPSA) is 12.0 Å². The summed E-state index contributed by atoms with van der Waals surface area (Å²) in [5.74, 6) is 0.245. The van der Waals surface area contributed by atoms with Crippen molar-refractivity contribution >= 4 is 0 Å². The largest absolute Gasteiger partial charge is 0.312 e. The summed E-state index contributed by atoms with van der Waals surface area (Å²) in [7, 11) is 1.59. The maximum atomic E-state index is 11.9. The van der Waals surface area contributed by atoms with Gasteiger partial charge < -0.3 is 5.32 Å². The number of hydrogen-bond donors (Lipinski definition) is 1. The van der Waals surface area contributed by atoms with E-state index in [4.69, 9.17) is 0 Å². The van der Waals surface area contributed by atoms with Crippen LogP contribution >= 0.6 is 0 Å². The van der Waals surface area contributed by atoms with Crippen molar-refractivity contribution in [3.05, 3.63) is 0 Å². The van der Waals surface area contributed by atoms with E-state index in [0.29, 0.717) is 0 Å². The monoisotopic (exact) mass is 135 g/mol. The zero-order valence-electron chi connectivity index (χ0n) is 5.40. The SMILES string of the molecule is CNC(C(F)F)C1CC1. The van der Waals surface area contributed by atoms with Crippen molar-refractivity contribution < 1.29 is 8.78 Å². The minimum atomic E-state index is -2.19. The summed E-state index contributed by atoms with van der Waals surface area (Å²) in [6.07, 6.45) is -0.256. The molecule has 1 saturated carbocycles. The molecule has 3 heteroatoms. The normalized spacial score (nSPS) is 22.7. The summed E-state index contributed by atoms with van der Waals surface area (Å²) < 4.78 is 23.9. The molecule has 1 atom stereocenters. The van der Waals surface area contributed by atoms with Crippen LogP contribution in [0.3, 0.4) is 0 Å². The highest BCUT2D eigenvalue weighted by Crippen LogP contribution is 2.34. The smallest absolute Gasteiger partial charge is 0.253 e. The molecule has 1 aliphatic rings. The Bertz CT molecular complexity index is 89.1. The number of rotatable bonds is 3. The van der Waals surface area contributed by atoms with Crippen molar-refractivity contribution in [2.24, 2.45) is 5.92 Å². The Morgan fingerprint density at radius 2 is 2.00 bits per heavy atom. The van der Waals surface area contributed by atoms with Crippen LogP contribution in [0, 0.1) is 5.92 Å². The standard InChI is InChI=1S/C6H11F2N/c1-9-5(6(7)8)4-2-3-4/h4-6,9H,2-3H2,1H3. The van der Waals surface area contributed by atoms with Gasteiger partial charge in [0.25, 0.3) is 6.43 Å². The quantitative estimate of drug-likeness (QED) is 0.614. The molecule has 54 valence electrons. The van der Waals surface area contributed by atoms with Crippen molar-refractivity contribution in [2.75, 3.05) is 7.05 Å². The number of hydrogen-bond acceptors (Lipinski definition) is 1. The van der Waals surface area contributed by atoms with Gasteiger partial charge >= 0.3 is 0 Å². The summed E-state index contributed by atoms with van der Waals surface area (Å²) in [6.45, 7) is 0. The van der Waals surface area contributed by atoms with Gasteiger partial charge in [0.1, 0.15) is 0 Å². The average Bonchev–Trinajstić information content (AvgIpc) is 2.50. The van der Waals surface area contributed by atoms with Crippen LogP contribution in [0.1, 0.15) is 12.8 Å². The van der Waals surface area contributed by atoms with E-state index in [1.807, 2.05) is 0 Å². The summed E-state index contributed by atoms with van der Waals surface area (Å²) in [6, 6.07) is -0.551. The molecule has 1 aliphatic carbocycles. The van der Waals surface area contributed by atoms with Crippen molar-refractivity contribution in [1.29, 1.82) is 0 Å².